The van der Waals surface area contributed by atoms with Gasteiger partial charge in [0.2, 0.25) is 0 Å². The molecule has 2 rings (SSSR count). The van der Waals surface area contributed by atoms with Gasteiger partial charge in [-0.15, -0.1) is 5.10 Å². The summed E-state index contributed by atoms with van der Waals surface area (Å²) in [6.45, 7) is 1.86. The monoisotopic (exact) mass is 168 g/mol. The summed E-state index contributed by atoms with van der Waals surface area (Å²) in [5.74, 6) is 0.816. The van der Waals surface area contributed by atoms with Gasteiger partial charge in [0, 0.05) is 0 Å². The van der Waals surface area contributed by atoms with Gasteiger partial charge in [0.25, 0.3) is 0 Å². The van der Waals surface area contributed by atoms with E-state index in [-0.39, 0.29) is 0 Å². The van der Waals surface area contributed by atoms with Crippen LogP contribution in [0.5, 0.6) is 0 Å². The van der Waals surface area contributed by atoms with E-state index >= 15 is 0 Å². The molecule has 2 heterocycles. The highest BCUT2D eigenvalue weighted by atomic mass is 35.5. The van der Waals surface area contributed by atoms with Gasteiger partial charge in [-0.1, -0.05) is 11.6 Å². The fourth-order valence-electron chi connectivity index (χ4n) is 0.945. The van der Waals surface area contributed by atoms with Crippen LogP contribution in [0.4, 0.5) is 0 Å². The summed E-state index contributed by atoms with van der Waals surface area (Å²) in [6, 6.07) is 0. The second kappa shape index (κ2) is 2.17. The molecule has 0 fully saturated rings. The van der Waals surface area contributed by atoms with Crippen LogP contribution >= 0.6 is 11.6 Å². The topological polar surface area (TPSA) is 54.5 Å². The molecule has 11 heavy (non-hydrogen) atoms. The second-order valence-corrected chi connectivity index (χ2v) is 2.58. The van der Waals surface area contributed by atoms with Crippen LogP contribution in [-0.2, 0) is 0 Å². The average Bonchev–Trinajstić information content (AvgIpc) is 2.31. The number of rotatable bonds is 0. The van der Waals surface area contributed by atoms with E-state index in [1.165, 1.54) is 0 Å². The summed E-state index contributed by atoms with van der Waals surface area (Å²) >= 11 is 5.71. The number of aryl methyl sites for hydroxylation is 1. The van der Waals surface area contributed by atoms with Crippen LogP contribution in [0.3, 0.4) is 0 Å². The van der Waals surface area contributed by atoms with Crippen molar-refractivity contribution in [3.05, 3.63) is 17.2 Å². The Kier molecular flexibility index (Phi) is 1.29. The molecule has 0 saturated carbocycles. The third-order valence-electron chi connectivity index (χ3n) is 1.38. The lowest BCUT2D eigenvalue weighted by Crippen LogP contribution is -1.81. The van der Waals surface area contributed by atoms with Crippen LogP contribution in [0.25, 0.3) is 11.0 Å². The molecule has 2 aromatic heterocycles. The fourth-order valence-corrected chi connectivity index (χ4v) is 1.13. The second-order valence-electron chi connectivity index (χ2n) is 2.22. The average molecular weight is 169 g/mol. The van der Waals surface area contributed by atoms with Crippen molar-refractivity contribution in [3.63, 3.8) is 0 Å². The van der Waals surface area contributed by atoms with Crippen LogP contribution in [0, 0.1) is 6.92 Å². The number of nitrogens with one attached hydrogen (secondary N) is 1. The molecule has 0 aliphatic rings. The minimum absolute atomic E-state index is 0.340. The van der Waals surface area contributed by atoms with E-state index in [1.807, 2.05) is 6.92 Å². The number of hydrogen-bond donors (Lipinski definition) is 1. The molecule has 2 aromatic rings. The van der Waals surface area contributed by atoms with Crippen LogP contribution < -0.4 is 0 Å². The molecule has 0 radical (unpaired) electrons. The van der Waals surface area contributed by atoms with E-state index in [2.05, 4.69) is 20.2 Å². The predicted molar refractivity (Wildman–Crippen MR) is 41.4 cm³/mol. The maximum Gasteiger partial charge on any atom is 0.179 e. The van der Waals surface area contributed by atoms with Crippen molar-refractivity contribution in [2.45, 2.75) is 6.92 Å². The number of nitrogens with zero attached hydrogens (tertiary/aromatic N) is 3. The number of halogens is 1. The zero-order chi connectivity index (χ0) is 7.84. The first-order valence-electron chi connectivity index (χ1n) is 3.11. The molecule has 0 atom stereocenters. The van der Waals surface area contributed by atoms with E-state index in [0.29, 0.717) is 10.7 Å². The Morgan fingerprint density at radius 2 is 2.36 bits per heavy atom. The number of H-pyrrole nitrogens is 1. The van der Waals surface area contributed by atoms with Gasteiger partial charge in [-0.3, -0.25) is 0 Å². The Morgan fingerprint density at radius 1 is 1.55 bits per heavy atom. The third kappa shape index (κ3) is 0.952. The van der Waals surface area contributed by atoms with Crippen LogP contribution in [0.2, 0.25) is 5.15 Å². The first-order chi connectivity index (χ1) is 5.27. The summed E-state index contributed by atoms with van der Waals surface area (Å²) < 4.78 is 0. The van der Waals surface area contributed by atoms with E-state index in [0.717, 1.165) is 11.3 Å². The molecular weight excluding hydrogens is 164 g/mol. The number of fused-ring (bicyclic) bond motifs is 1. The molecule has 0 aliphatic heterocycles. The van der Waals surface area contributed by atoms with Crippen molar-refractivity contribution in [2.75, 3.05) is 0 Å². The smallest absolute Gasteiger partial charge is 0.179 e. The number of aromatic nitrogens is 4. The molecule has 0 aromatic carbocycles. The minimum atomic E-state index is 0.340. The number of hydrogen-bond acceptors (Lipinski definition) is 3. The Bertz CT molecular complexity index is 394. The van der Waals surface area contributed by atoms with Gasteiger partial charge in [-0.05, 0) is 6.92 Å². The van der Waals surface area contributed by atoms with Gasteiger partial charge in [0.05, 0.1) is 11.7 Å². The van der Waals surface area contributed by atoms with Crippen molar-refractivity contribution in [1.82, 2.24) is 20.2 Å². The maximum atomic E-state index is 5.71. The molecule has 0 amide bonds. The van der Waals surface area contributed by atoms with Crippen molar-refractivity contribution >= 4 is 22.6 Å². The third-order valence-corrected chi connectivity index (χ3v) is 1.63. The first kappa shape index (κ1) is 6.54. The van der Waals surface area contributed by atoms with Crippen LogP contribution in [0.1, 0.15) is 5.82 Å². The summed E-state index contributed by atoms with van der Waals surface area (Å²) in [6.07, 6.45) is 1.60. The largest absolute Gasteiger partial charge is 0.341 e. The maximum absolute atomic E-state index is 5.71. The van der Waals surface area contributed by atoms with Crippen molar-refractivity contribution < 1.29 is 0 Å². The molecule has 4 nitrogen and oxygen atoms in total. The van der Waals surface area contributed by atoms with Gasteiger partial charge >= 0.3 is 0 Å². The van der Waals surface area contributed by atoms with Gasteiger partial charge in [0.15, 0.2) is 5.15 Å². The highest BCUT2D eigenvalue weighted by molar-refractivity contribution is 6.33. The SMILES string of the molecule is Cc1nc2c(Cl)nncc2[nH]1. The molecule has 1 N–H and O–H groups in total. The number of aromatic amines is 1. The minimum Gasteiger partial charge on any atom is -0.341 e. The van der Waals surface area contributed by atoms with Gasteiger partial charge in [-0.2, -0.15) is 5.10 Å². The molecule has 0 spiro atoms. The standard InChI is InChI=1S/C6H5ClN4/c1-3-9-4-2-8-11-6(7)5(4)10-3/h2H,1H3,(H,9,10). The lowest BCUT2D eigenvalue weighted by atomic mass is 10.5. The normalized spacial score (nSPS) is 10.7. The van der Waals surface area contributed by atoms with E-state index < -0.39 is 0 Å². The van der Waals surface area contributed by atoms with Gasteiger partial charge < -0.3 is 4.98 Å². The van der Waals surface area contributed by atoms with E-state index in [4.69, 9.17) is 11.6 Å². The number of imidazole rings is 1. The molecule has 0 aliphatic carbocycles. The Morgan fingerprint density at radius 3 is 3.09 bits per heavy atom. The first-order valence-corrected chi connectivity index (χ1v) is 3.48. The molecular formula is C6H5ClN4. The Hall–Kier alpha value is -1.16. The van der Waals surface area contributed by atoms with Crippen LogP contribution in [0.15, 0.2) is 6.20 Å². The quantitative estimate of drug-likeness (QED) is 0.646. The van der Waals surface area contributed by atoms with Crippen molar-refractivity contribution in [3.8, 4) is 0 Å². The van der Waals surface area contributed by atoms with Crippen molar-refractivity contribution in [1.29, 1.82) is 0 Å². The fraction of sp³-hybridized carbons (Fsp3) is 0.167. The Labute approximate surface area is 67.6 Å². The van der Waals surface area contributed by atoms with Gasteiger partial charge in [-0.25, -0.2) is 4.98 Å². The summed E-state index contributed by atoms with van der Waals surface area (Å²) in [5, 5.41) is 7.67. The van der Waals surface area contributed by atoms with E-state index in [9.17, 15) is 0 Å². The van der Waals surface area contributed by atoms with Crippen LogP contribution in [-0.4, -0.2) is 20.2 Å². The summed E-state index contributed by atoms with van der Waals surface area (Å²) in [5.41, 5.74) is 1.50. The Balaban J connectivity index is 2.90. The highest BCUT2D eigenvalue weighted by Crippen LogP contribution is 2.16. The zero-order valence-corrected chi connectivity index (χ0v) is 6.55. The lowest BCUT2D eigenvalue weighted by molar-refractivity contribution is 1.05. The molecule has 0 saturated heterocycles. The molecule has 5 heteroatoms. The molecule has 56 valence electrons. The molecule has 0 bridgehead atoms. The van der Waals surface area contributed by atoms with Crippen molar-refractivity contribution in [2.24, 2.45) is 0 Å². The van der Waals surface area contributed by atoms with Gasteiger partial charge in [0.1, 0.15) is 11.3 Å². The predicted octanol–water partition coefficient (Wildman–Crippen LogP) is 1.31. The summed E-state index contributed by atoms with van der Waals surface area (Å²) in [7, 11) is 0. The zero-order valence-electron chi connectivity index (χ0n) is 5.80. The lowest BCUT2D eigenvalue weighted by Gasteiger charge is -1.85. The highest BCUT2D eigenvalue weighted by Gasteiger charge is 2.03. The summed E-state index contributed by atoms with van der Waals surface area (Å²) in [4.78, 5) is 7.12. The van der Waals surface area contributed by atoms with E-state index in [1.54, 1.807) is 6.20 Å². The molecule has 0 unspecified atom stereocenters.